The van der Waals surface area contributed by atoms with Crippen molar-refractivity contribution in [2.75, 3.05) is 0 Å². The fraction of sp³-hybridized carbons (Fsp3) is 0.118. The number of aromatic amines is 1. The molecule has 1 aromatic carbocycles. The molecular formula is C17H15N3O2S. The Morgan fingerprint density at radius 3 is 2.57 bits per heavy atom. The standard InChI is InChI=1S/C17H15N3O2S/c1-19-8-7-12(10-15(19)21)9-13-11-20(17(23)18-16(13)22)14-5-3-2-4-6-14/h2-8,10-11H,9H2,1H3,(H,18,22,23). The van der Waals surface area contributed by atoms with Crippen LogP contribution < -0.4 is 11.1 Å². The molecule has 2 aromatic heterocycles. The molecule has 116 valence electrons. The summed E-state index contributed by atoms with van der Waals surface area (Å²) in [4.78, 5) is 26.6. The first-order valence-electron chi connectivity index (χ1n) is 7.10. The molecule has 3 rings (SSSR count). The number of nitrogens with zero attached hydrogens (tertiary/aromatic N) is 2. The van der Waals surface area contributed by atoms with Gasteiger partial charge >= 0.3 is 0 Å². The fourth-order valence-corrected chi connectivity index (χ4v) is 2.59. The minimum atomic E-state index is -0.233. The van der Waals surface area contributed by atoms with Crippen molar-refractivity contribution in [3.05, 3.63) is 91.5 Å². The van der Waals surface area contributed by atoms with E-state index in [1.807, 2.05) is 36.4 Å². The highest BCUT2D eigenvalue weighted by molar-refractivity contribution is 7.71. The lowest BCUT2D eigenvalue weighted by atomic mass is 10.1. The summed E-state index contributed by atoms with van der Waals surface area (Å²) in [6.07, 6.45) is 3.79. The van der Waals surface area contributed by atoms with Crippen LogP contribution in [0.1, 0.15) is 11.1 Å². The van der Waals surface area contributed by atoms with Gasteiger partial charge in [0.1, 0.15) is 0 Å². The van der Waals surface area contributed by atoms with E-state index < -0.39 is 0 Å². The Balaban J connectivity index is 2.06. The molecule has 2 heterocycles. The lowest BCUT2D eigenvalue weighted by Gasteiger charge is -2.09. The van der Waals surface area contributed by atoms with E-state index >= 15 is 0 Å². The lowest BCUT2D eigenvalue weighted by Crippen LogP contribution is -2.19. The largest absolute Gasteiger partial charge is 0.319 e. The minimum Gasteiger partial charge on any atom is -0.319 e. The summed E-state index contributed by atoms with van der Waals surface area (Å²) in [5.41, 5.74) is 1.88. The maximum atomic E-state index is 12.2. The summed E-state index contributed by atoms with van der Waals surface area (Å²) in [7, 11) is 1.69. The van der Waals surface area contributed by atoms with Crippen LogP contribution in [0.4, 0.5) is 0 Å². The molecule has 0 spiro atoms. The van der Waals surface area contributed by atoms with E-state index in [0.717, 1.165) is 11.3 Å². The molecule has 3 aromatic rings. The number of pyridine rings is 1. The predicted molar refractivity (Wildman–Crippen MR) is 91.7 cm³/mol. The number of hydrogen-bond donors (Lipinski definition) is 1. The molecule has 0 saturated heterocycles. The third-order valence-electron chi connectivity index (χ3n) is 3.61. The Morgan fingerprint density at radius 2 is 1.87 bits per heavy atom. The van der Waals surface area contributed by atoms with Gasteiger partial charge in [0.15, 0.2) is 4.77 Å². The monoisotopic (exact) mass is 325 g/mol. The first kappa shape index (κ1) is 15.2. The number of rotatable bonds is 3. The van der Waals surface area contributed by atoms with Crippen LogP contribution in [0.5, 0.6) is 0 Å². The minimum absolute atomic E-state index is 0.102. The van der Waals surface area contributed by atoms with Crippen molar-refractivity contribution in [2.24, 2.45) is 7.05 Å². The number of H-pyrrole nitrogens is 1. The van der Waals surface area contributed by atoms with Gasteiger partial charge in [-0.3, -0.25) is 19.1 Å². The second-order valence-electron chi connectivity index (χ2n) is 5.28. The van der Waals surface area contributed by atoms with Crippen LogP contribution >= 0.6 is 12.2 Å². The van der Waals surface area contributed by atoms with E-state index in [9.17, 15) is 9.59 Å². The molecule has 0 aliphatic rings. The van der Waals surface area contributed by atoms with E-state index in [0.29, 0.717) is 16.8 Å². The van der Waals surface area contributed by atoms with Gasteiger partial charge in [0.05, 0.1) is 0 Å². The van der Waals surface area contributed by atoms with Crippen molar-refractivity contribution in [3.63, 3.8) is 0 Å². The van der Waals surface area contributed by atoms with Gasteiger partial charge in [-0.25, -0.2) is 0 Å². The van der Waals surface area contributed by atoms with E-state index in [2.05, 4.69) is 4.98 Å². The van der Waals surface area contributed by atoms with E-state index in [-0.39, 0.29) is 11.1 Å². The highest BCUT2D eigenvalue weighted by atomic mass is 32.1. The fourth-order valence-electron chi connectivity index (χ4n) is 2.34. The molecule has 0 saturated carbocycles. The van der Waals surface area contributed by atoms with Gasteiger partial charge in [-0.1, -0.05) is 18.2 Å². The highest BCUT2D eigenvalue weighted by Gasteiger charge is 2.06. The smallest absolute Gasteiger partial charge is 0.255 e. The van der Waals surface area contributed by atoms with Crippen molar-refractivity contribution in [3.8, 4) is 5.69 Å². The molecule has 0 aliphatic carbocycles. The topological polar surface area (TPSA) is 59.8 Å². The molecule has 0 radical (unpaired) electrons. The Hall–Kier alpha value is -2.73. The molecule has 0 amide bonds. The molecule has 0 aliphatic heterocycles. The molecule has 0 atom stereocenters. The summed E-state index contributed by atoms with van der Waals surface area (Å²) in [6, 6.07) is 12.9. The quantitative estimate of drug-likeness (QED) is 0.751. The summed E-state index contributed by atoms with van der Waals surface area (Å²) in [5, 5.41) is 0. The van der Waals surface area contributed by atoms with Crippen LogP contribution in [0, 0.1) is 4.77 Å². The van der Waals surface area contributed by atoms with E-state index in [1.165, 1.54) is 10.6 Å². The molecule has 6 heteroatoms. The third-order valence-corrected chi connectivity index (χ3v) is 3.91. The number of aromatic nitrogens is 3. The van der Waals surface area contributed by atoms with Gasteiger partial charge in [-0.2, -0.15) is 0 Å². The Morgan fingerprint density at radius 1 is 1.13 bits per heavy atom. The number of para-hydroxylation sites is 1. The zero-order valence-corrected chi connectivity index (χ0v) is 13.3. The van der Waals surface area contributed by atoms with Crippen LogP contribution in [0.15, 0.2) is 64.4 Å². The van der Waals surface area contributed by atoms with Crippen LogP contribution in [-0.4, -0.2) is 14.1 Å². The number of benzene rings is 1. The summed E-state index contributed by atoms with van der Waals surface area (Å²) in [6.45, 7) is 0. The molecular weight excluding hydrogens is 310 g/mol. The summed E-state index contributed by atoms with van der Waals surface area (Å²) < 4.78 is 3.59. The van der Waals surface area contributed by atoms with E-state index in [4.69, 9.17) is 12.2 Å². The van der Waals surface area contributed by atoms with Crippen LogP contribution in [0.2, 0.25) is 0 Å². The third kappa shape index (κ3) is 3.22. The summed E-state index contributed by atoms with van der Waals surface area (Å²) in [5.74, 6) is 0. The van der Waals surface area contributed by atoms with Crippen molar-refractivity contribution < 1.29 is 0 Å². The van der Waals surface area contributed by atoms with Crippen LogP contribution in [0.25, 0.3) is 5.69 Å². The summed E-state index contributed by atoms with van der Waals surface area (Å²) >= 11 is 5.24. The van der Waals surface area contributed by atoms with Crippen molar-refractivity contribution >= 4 is 12.2 Å². The highest BCUT2D eigenvalue weighted by Crippen LogP contribution is 2.09. The molecule has 0 fully saturated rings. The van der Waals surface area contributed by atoms with Gasteiger partial charge in [-0.15, -0.1) is 0 Å². The Bertz CT molecular complexity index is 1020. The first-order chi connectivity index (χ1) is 11.0. The zero-order valence-electron chi connectivity index (χ0n) is 12.5. The molecule has 23 heavy (non-hydrogen) atoms. The van der Waals surface area contributed by atoms with Crippen molar-refractivity contribution in [1.29, 1.82) is 0 Å². The normalized spacial score (nSPS) is 10.7. The number of hydrogen-bond acceptors (Lipinski definition) is 3. The van der Waals surface area contributed by atoms with Crippen molar-refractivity contribution in [2.45, 2.75) is 6.42 Å². The second kappa shape index (κ2) is 6.18. The SMILES string of the molecule is Cn1ccc(Cc2cn(-c3ccccc3)c(=S)[nH]c2=O)cc1=O. The van der Waals surface area contributed by atoms with Gasteiger partial charge in [-0.05, 0) is 36.0 Å². The molecule has 1 N–H and O–H groups in total. The number of nitrogens with one attached hydrogen (secondary N) is 1. The predicted octanol–water partition coefficient (Wildman–Crippen LogP) is 2.18. The second-order valence-corrected chi connectivity index (χ2v) is 5.67. The van der Waals surface area contributed by atoms with Gasteiger partial charge < -0.3 is 4.57 Å². The van der Waals surface area contributed by atoms with Gasteiger partial charge in [0.2, 0.25) is 0 Å². The van der Waals surface area contributed by atoms with Crippen LogP contribution in [0.3, 0.4) is 0 Å². The Kier molecular flexibility index (Phi) is 4.08. The maximum absolute atomic E-state index is 12.2. The molecule has 0 bridgehead atoms. The maximum Gasteiger partial charge on any atom is 0.255 e. The number of aryl methyl sites for hydroxylation is 1. The zero-order chi connectivity index (χ0) is 16.4. The van der Waals surface area contributed by atoms with E-state index in [1.54, 1.807) is 24.0 Å². The van der Waals surface area contributed by atoms with Crippen molar-refractivity contribution in [1.82, 2.24) is 14.1 Å². The molecule has 5 nitrogen and oxygen atoms in total. The first-order valence-corrected chi connectivity index (χ1v) is 7.51. The average molecular weight is 325 g/mol. The lowest BCUT2D eigenvalue weighted by molar-refractivity contribution is 0.848. The Labute approximate surface area is 137 Å². The van der Waals surface area contributed by atoms with Gasteiger partial charge in [0, 0.05) is 43.2 Å². The average Bonchev–Trinajstić information content (AvgIpc) is 2.54. The van der Waals surface area contributed by atoms with Crippen LogP contribution in [-0.2, 0) is 13.5 Å². The molecule has 0 unspecified atom stereocenters. The van der Waals surface area contributed by atoms with Gasteiger partial charge in [0.25, 0.3) is 11.1 Å².